The maximum absolute atomic E-state index is 12.9. The molecule has 3 aromatic carbocycles. The Hall–Kier alpha value is -3.72. The molecule has 1 aliphatic carbocycles. The van der Waals surface area contributed by atoms with Gasteiger partial charge in [0.25, 0.3) is 21.7 Å². The summed E-state index contributed by atoms with van der Waals surface area (Å²) in [4.78, 5) is 12.8. The van der Waals surface area contributed by atoms with E-state index in [4.69, 9.17) is 14.2 Å². The first-order valence-electron chi connectivity index (χ1n) is 11.0. The second-order valence-electron chi connectivity index (χ2n) is 8.27. The molecule has 3 aromatic rings. The van der Waals surface area contributed by atoms with Crippen molar-refractivity contribution in [2.24, 2.45) is 0 Å². The number of anilines is 2. The lowest BCUT2D eigenvalue weighted by Gasteiger charge is -2.21. The first-order chi connectivity index (χ1) is 16.4. The summed E-state index contributed by atoms with van der Waals surface area (Å²) in [6, 6.07) is 17.8. The zero-order valence-corrected chi connectivity index (χ0v) is 19.4. The molecule has 0 atom stereocenters. The molecule has 0 bridgehead atoms. The van der Waals surface area contributed by atoms with Crippen molar-refractivity contribution >= 4 is 27.3 Å². The Balaban J connectivity index is 1.32. The smallest absolute Gasteiger partial charge is 0.262 e. The van der Waals surface area contributed by atoms with Crippen molar-refractivity contribution in [3.8, 4) is 17.2 Å². The SMILES string of the molecule is COc1ccccc1NS(=O)(=O)c1cccc(C(=O)Nc2ccc3c(c2)OC2(CCCC2)O3)c1. The molecule has 8 nitrogen and oxygen atoms in total. The van der Waals surface area contributed by atoms with Crippen LogP contribution in [0, 0.1) is 0 Å². The van der Waals surface area contributed by atoms with Gasteiger partial charge in [-0.05, 0) is 55.3 Å². The monoisotopic (exact) mass is 480 g/mol. The topological polar surface area (TPSA) is 103 Å². The third kappa shape index (κ3) is 4.26. The van der Waals surface area contributed by atoms with Gasteiger partial charge in [-0.15, -0.1) is 0 Å². The van der Waals surface area contributed by atoms with E-state index in [0.717, 1.165) is 25.7 Å². The lowest BCUT2D eigenvalue weighted by atomic mass is 10.2. The minimum absolute atomic E-state index is 0.0417. The summed E-state index contributed by atoms with van der Waals surface area (Å²) in [6.07, 6.45) is 3.80. The van der Waals surface area contributed by atoms with Crippen molar-refractivity contribution in [2.45, 2.75) is 36.4 Å². The first-order valence-corrected chi connectivity index (χ1v) is 12.5. The largest absolute Gasteiger partial charge is 0.495 e. The predicted molar refractivity (Wildman–Crippen MR) is 127 cm³/mol. The number of rotatable bonds is 6. The maximum atomic E-state index is 12.9. The number of benzene rings is 3. The fourth-order valence-corrected chi connectivity index (χ4v) is 5.35. The third-order valence-corrected chi connectivity index (χ3v) is 7.28. The van der Waals surface area contributed by atoms with E-state index in [2.05, 4.69) is 10.0 Å². The molecule has 0 aromatic heterocycles. The van der Waals surface area contributed by atoms with Crippen molar-refractivity contribution < 1.29 is 27.4 Å². The third-order valence-electron chi connectivity index (χ3n) is 5.92. The van der Waals surface area contributed by atoms with Gasteiger partial charge < -0.3 is 19.5 Å². The maximum Gasteiger partial charge on any atom is 0.262 e. The van der Waals surface area contributed by atoms with Crippen LogP contribution in [-0.4, -0.2) is 27.2 Å². The van der Waals surface area contributed by atoms with Crippen LogP contribution in [0.1, 0.15) is 36.0 Å². The highest BCUT2D eigenvalue weighted by atomic mass is 32.2. The average Bonchev–Trinajstić information content (AvgIpc) is 3.44. The number of carbonyl (C=O) groups is 1. The minimum Gasteiger partial charge on any atom is -0.495 e. The van der Waals surface area contributed by atoms with Gasteiger partial charge >= 0.3 is 0 Å². The van der Waals surface area contributed by atoms with Crippen LogP contribution < -0.4 is 24.2 Å². The number of carbonyl (C=O) groups excluding carboxylic acids is 1. The number of nitrogens with one attached hydrogen (secondary N) is 2. The lowest BCUT2D eigenvalue weighted by molar-refractivity contribution is -0.0716. The van der Waals surface area contributed by atoms with Crippen LogP contribution in [0.15, 0.2) is 71.6 Å². The fraction of sp³-hybridized carbons (Fsp3) is 0.240. The van der Waals surface area contributed by atoms with Gasteiger partial charge in [-0.25, -0.2) is 8.42 Å². The van der Waals surface area contributed by atoms with Gasteiger partial charge in [-0.1, -0.05) is 18.2 Å². The molecule has 1 aliphatic heterocycles. The molecule has 1 fully saturated rings. The molecule has 5 rings (SSSR count). The second-order valence-corrected chi connectivity index (χ2v) is 9.95. The number of amides is 1. The molecule has 0 unspecified atom stereocenters. The average molecular weight is 481 g/mol. The van der Waals surface area contributed by atoms with E-state index in [-0.39, 0.29) is 10.5 Å². The zero-order valence-electron chi connectivity index (χ0n) is 18.5. The van der Waals surface area contributed by atoms with Crippen molar-refractivity contribution in [2.75, 3.05) is 17.1 Å². The number of para-hydroxylation sites is 2. The van der Waals surface area contributed by atoms with Crippen LogP contribution in [-0.2, 0) is 10.0 Å². The highest BCUT2D eigenvalue weighted by Gasteiger charge is 2.44. The minimum atomic E-state index is -3.94. The number of methoxy groups -OCH3 is 1. The summed E-state index contributed by atoms with van der Waals surface area (Å²) in [5.74, 6) is 0.626. The Morgan fingerprint density at radius 2 is 1.71 bits per heavy atom. The van der Waals surface area contributed by atoms with E-state index in [1.165, 1.54) is 25.3 Å². The Morgan fingerprint density at radius 3 is 2.50 bits per heavy atom. The molecule has 1 spiro atoms. The number of hydrogen-bond acceptors (Lipinski definition) is 6. The normalized spacial score (nSPS) is 15.8. The van der Waals surface area contributed by atoms with Crippen molar-refractivity contribution in [1.82, 2.24) is 0 Å². The van der Waals surface area contributed by atoms with Gasteiger partial charge in [0.1, 0.15) is 5.75 Å². The zero-order chi connectivity index (χ0) is 23.8. The van der Waals surface area contributed by atoms with Crippen molar-refractivity contribution in [3.63, 3.8) is 0 Å². The Morgan fingerprint density at radius 1 is 0.941 bits per heavy atom. The van der Waals surface area contributed by atoms with Gasteiger partial charge in [0.15, 0.2) is 11.5 Å². The van der Waals surface area contributed by atoms with Gasteiger partial charge in [-0.3, -0.25) is 9.52 Å². The van der Waals surface area contributed by atoms with Crippen molar-refractivity contribution in [3.05, 3.63) is 72.3 Å². The predicted octanol–water partition coefficient (Wildman–Crippen LogP) is 4.79. The molecule has 0 saturated heterocycles. The molecule has 176 valence electrons. The molecule has 2 aliphatic rings. The van der Waals surface area contributed by atoms with E-state index < -0.39 is 21.7 Å². The van der Waals surface area contributed by atoms with Crippen LogP contribution in [0.3, 0.4) is 0 Å². The molecular formula is C25H24N2O6S. The number of hydrogen-bond donors (Lipinski definition) is 2. The summed E-state index contributed by atoms with van der Waals surface area (Å²) >= 11 is 0. The summed E-state index contributed by atoms with van der Waals surface area (Å²) in [5.41, 5.74) is 1.04. The summed E-state index contributed by atoms with van der Waals surface area (Å²) in [7, 11) is -2.48. The molecule has 2 N–H and O–H groups in total. The van der Waals surface area contributed by atoms with E-state index in [0.29, 0.717) is 28.6 Å². The van der Waals surface area contributed by atoms with Gasteiger partial charge in [0.05, 0.1) is 17.7 Å². The highest BCUT2D eigenvalue weighted by Crippen LogP contribution is 2.47. The van der Waals surface area contributed by atoms with Crippen LogP contribution in [0.4, 0.5) is 11.4 Å². The summed E-state index contributed by atoms with van der Waals surface area (Å²) in [5, 5.41) is 2.80. The molecule has 1 saturated carbocycles. The van der Waals surface area contributed by atoms with Crippen LogP contribution >= 0.6 is 0 Å². The Labute approximate surface area is 197 Å². The van der Waals surface area contributed by atoms with E-state index >= 15 is 0 Å². The molecule has 1 heterocycles. The first kappa shape index (κ1) is 22.1. The number of ether oxygens (including phenoxy) is 3. The van der Waals surface area contributed by atoms with Gasteiger partial charge in [-0.2, -0.15) is 0 Å². The van der Waals surface area contributed by atoms with Crippen LogP contribution in [0.25, 0.3) is 0 Å². The molecule has 1 amide bonds. The molecule has 9 heteroatoms. The number of sulfonamides is 1. The highest BCUT2D eigenvalue weighted by molar-refractivity contribution is 7.92. The quantitative estimate of drug-likeness (QED) is 0.526. The van der Waals surface area contributed by atoms with E-state index in [1.807, 2.05) is 0 Å². The molecule has 0 radical (unpaired) electrons. The van der Waals surface area contributed by atoms with Crippen LogP contribution in [0.2, 0.25) is 0 Å². The second kappa shape index (κ2) is 8.57. The van der Waals surface area contributed by atoms with Gasteiger partial charge in [0, 0.05) is 30.2 Å². The summed E-state index contributed by atoms with van der Waals surface area (Å²) < 4.78 is 45.6. The van der Waals surface area contributed by atoms with Crippen LogP contribution in [0.5, 0.6) is 17.2 Å². The van der Waals surface area contributed by atoms with Crippen molar-refractivity contribution in [1.29, 1.82) is 0 Å². The lowest BCUT2D eigenvalue weighted by Crippen LogP contribution is -2.34. The number of fused-ring (bicyclic) bond motifs is 1. The molecular weight excluding hydrogens is 456 g/mol. The van der Waals surface area contributed by atoms with Gasteiger partial charge in [0.2, 0.25) is 0 Å². The standard InChI is InChI=1S/C25H24N2O6S/c1-31-21-10-3-2-9-20(21)27-34(29,30)19-8-6-7-17(15-19)24(28)26-18-11-12-22-23(16-18)33-25(32-22)13-4-5-14-25/h2-3,6-12,15-16,27H,4-5,13-14H2,1H3,(H,26,28). The van der Waals surface area contributed by atoms with E-state index in [9.17, 15) is 13.2 Å². The Kier molecular flexibility index (Phi) is 5.57. The summed E-state index contributed by atoms with van der Waals surface area (Å²) in [6.45, 7) is 0. The fourth-order valence-electron chi connectivity index (χ4n) is 4.23. The van der Waals surface area contributed by atoms with E-state index in [1.54, 1.807) is 48.5 Å². The Bertz CT molecular complexity index is 1350. The molecule has 34 heavy (non-hydrogen) atoms.